The molecule has 1 fully saturated rings. The highest BCUT2D eigenvalue weighted by molar-refractivity contribution is 9.10. The van der Waals surface area contributed by atoms with Crippen molar-refractivity contribution in [2.45, 2.75) is 44.4 Å². The molecule has 2 aliphatic heterocycles. The quantitative estimate of drug-likeness (QED) is 0.523. The molecule has 0 saturated carbocycles. The lowest BCUT2D eigenvalue weighted by Gasteiger charge is -2.32. The number of anilines is 2. The minimum atomic E-state index is -3.91. The molecule has 0 aromatic heterocycles. The van der Waals surface area contributed by atoms with Gasteiger partial charge in [0.25, 0.3) is 0 Å². The average molecular weight is 613 g/mol. The van der Waals surface area contributed by atoms with E-state index in [9.17, 15) is 18.0 Å². The van der Waals surface area contributed by atoms with Crippen LogP contribution in [0.5, 0.6) is 0 Å². The zero-order valence-electron chi connectivity index (χ0n) is 19.1. The minimum absolute atomic E-state index is 0.0988. The van der Waals surface area contributed by atoms with Crippen molar-refractivity contribution >= 4 is 65.1 Å². The smallest absolute Gasteiger partial charge is 0.245 e. The first kappa shape index (κ1) is 25.3. The van der Waals surface area contributed by atoms with E-state index in [1.807, 2.05) is 31.2 Å². The number of sulfonamides is 1. The zero-order valence-corrected chi connectivity index (χ0v) is 23.1. The maximum absolute atomic E-state index is 13.8. The van der Waals surface area contributed by atoms with Gasteiger partial charge < -0.3 is 10.2 Å². The number of nitrogens with one attached hydrogen (secondary N) is 1. The molecule has 2 amide bonds. The predicted octanol–water partition coefficient (Wildman–Crippen LogP) is 4.86. The van der Waals surface area contributed by atoms with E-state index >= 15 is 0 Å². The van der Waals surface area contributed by atoms with Crippen LogP contribution in [-0.4, -0.2) is 44.2 Å². The van der Waals surface area contributed by atoms with E-state index in [1.54, 1.807) is 17.9 Å². The van der Waals surface area contributed by atoms with Crippen LogP contribution in [0.25, 0.3) is 0 Å². The lowest BCUT2D eigenvalue weighted by molar-refractivity contribution is -0.121. The van der Waals surface area contributed by atoms with Gasteiger partial charge in [-0.15, -0.1) is 0 Å². The first-order valence-electron chi connectivity index (χ1n) is 11.3. The molecular formula is C24H27Br2N3O4S. The Bertz CT molecular complexity index is 1250. The fourth-order valence-corrected chi connectivity index (χ4v) is 7.54. The third kappa shape index (κ3) is 4.96. The summed E-state index contributed by atoms with van der Waals surface area (Å²) in [5.41, 5.74) is 2.96. The molecule has 4 rings (SSSR count). The number of rotatable bonds is 5. The molecule has 1 saturated heterocycles. The zero-order chi connectivity index (χ0) is 24.6. The summed E-state index contributed by atoms with van der Waals surface area (Å²) < 4.78 is 30.6. The van der Waals surface area contributed by atoms with Gasteiger partial charge in [0.1, 0.15) is 4.90 Å². The number of nitrogens with zero attached hydrogens (tertiary/aromatic N) is 2. The van der Waals surface area contributed by atoms with Gasteiger partial charge in [0, 0.05) is 40.7 Å². The molecule has 34 heavy (non-hydrogen) atoms. The molecule has 0 radical (unpaired) electrons. The van der Waals surface area contributed by atoms with Crippen LogP contribution in [-0.2, 0) is 26.0 Å². The van der Waals surface area contributed by atoms with Crippen molar-refractivity contribution in [1.29, 1.82) is 0 Å². The van der Waals surface area contributed by atoms with Crippen molar-refractivity contribution in [3.05, 3.63) is 50.4 Å². The van der Waals surface area contributed by atoms with E-state index in [4.69, 9.17) is 0 Å². The second kappa shape index (κ2) is 10.1. The molecule has 1 N–H and O–H groups in total. The van der Waals surface area contributed by atoms with Gasteiger partial charge in [0.2, 0.25) is 21.8 Å². The number of amides is 2. The largest absolute Gasteiger partial charge is 0.326 e. The first-order valence-corrected chi connectivity index (χ1v) is 14.3. The second-order valence-electron chi connectivity index (χ2n) is 8.71. The molecule has 2 aromatic carbocycles. The summed E-state index contributed by atoms with van der Waals surface area (Å²) in [7, 11) is -3.91. The molecular weight excluding hydrogens is 586 g/mol. The van der Waals surface area contributed by atoms with Crippen LogP contribution in [0.3, 0.4) is 0 Å². The van der Waals surface area contributed by atoms with Gasteiger partial charge in [-0.25, -0.2) is 8.42 Å². The van der Waals surface area contributed by atoms with Crippen LogP contribution >= 0.6 is 31.9 Å². The molecule has 10 heteroatoms. The fraction of sp³-hybridized carbons (Fsp3) is 0.417. The Morgan fingerprint density at radius 3 is 2.59 bits per heavy atom. The average Bonchev–Trinajstić information content (AvgIpc) is 3.23. The van der Waals surface area contributed by atoms with Gasteiger partial charge in [-0.3, -0.25) is 9.59 Å². The Labute approximate surface area is 217 Å². The Morgan fingerprint density at radius 1 is 1.12 bits per heavy atom. The van der Waals surface area contributed by atoms with Gasteiger partial charge in [-0.05, 0) is 67.6 Å². The van der Waals surface area contributed by atoms with Crippen molar-refractivity contribution in [2.24, 2.45) is 5.92 Å². The van der Waals surface area contributed by atoms with Gasteiger partial charge in [-0.1, -0.05) is 38.8 Å². The lowest BCUT2D eigenvalue weighted by Crippen LogP contribution is -2.44. The molecule has 0 bridgehead atoms. The number of carbonyl (C=O) groups is 2. The normalized spacial score (nSPS) is 18.6. The van der Waals surface area contributed by atoms with E-state index in [-0.39, 0.29) is 23.3 Å². The van der Waals surface area contributed by atoms with E-state index in [2.05, 4.69) is 37.2 Å². The molecule has 1 atom stereocenters. The predicted molar refractivity (Wildman–Crippen MR) is 139 cm³/mol. The molecule has 7 nitrogen and oxygen atoms in total. The van der Waals surface area contributed by atoms with Crippen LogP contribution in [0.1, 0.15) is 37.3 Å². The molecule has 0 spiro atoms. The van der Waals surface area contributed by atoms with Gasteiger partial charge in [0.05, 0.1) is 11.6 Å². The van der Waals surface area contributed by atoms with Crippen LogP contribution in [0.15, 0.2) is 44.2 Å². The summed E-state index contributed by atoms with van der Waals surface area (Å²) in [4.78, 5) is 27.3. The third-order valence-electron chi connectivity index (χ3n) is 6.42. The van der Waals surface area contributed by atoms with Crippen LogP contribution in [0, 0.1) is 12.8 Å². The van der Waals surface area contributed by atoms with Crippen LogP contribution < -0.4 is 10.2 Å². The molecule has 182 valence electrons. The summed E-state index contributed by atoms with van der Waals surface area (Å²) in [6.45, 7) is 4.60. The van der Waals surface area contributed by atoms with E-state index in [1.165, 1.54) is 4.31 Å². The van der Waals surface area contributed by atoms with Crippen molar-refractivity contribution in [2.75, 3.05) is 29.9 Å². The summed E-state index contributed by atoms with van der Waals surface area (Å²) in [5, 5.41) is 2.96. The minimum Gasteiger partial charge on any atom is -0.326 e. The lowest BCUT2D eigenvalue weighted by atomic mass is 9.98. The van der Waals surface area contributed by atoms with Crippen molar-refractivity contribution in [1.82, 2.24) is 4.31 Å². The number of hydrogen-bond acceptors (Lipinski definition) is 4. The number of carbonyl (C=O) groups excluding carboxylic acids is 2. The second-order valence-corrected chi connectivity index (χ2v) is 12.4. The monoisotopic (exact) mass is 611 g/mol. The molecule has 0 aliphatic carbocycles. The Kier molecular flexibility index (Phi) is 7.52. The number of fused-ring (bicyclic) bond motifs is 1. The fourth-order valence-electron chi connectivity index (χ4n) is 4.62. The molecule has 2 heterocycles. The molecule has 2 aromatic rings. The Hall–Kier alpha value is -1.75. The van der Waals surface area contributed by atoms with Crippen molar-refractivity contribution in [3.63, 3.8) is 0 Å². The highest BCUT2D eigenvalue weighted by atomic mass is 79.9. The maximum atomic E-state index is 13.8. The molecule has 0 unspecified atom stereocenters. The third-order valence-corrected chi connectivity index (χ3v) is 9.25. The van der Waals surface area contributed by atoms with E-state index < -0.39 is 15.9 Å². The first-order chi connectivity index (χ1) is 16.1. The topological polar surface area (TPSA) is 86.8 Å². The Morgan fingerprint density at radius 2 is 1.88 bits per heavy atom. The van der Waals surface area contributed by atoms with Crippen molar-refractivity contribution < 1.29 is 18.0 Å². The van der Waals surface area contributed by atoms with Gasteiger partial charge in [-0.2, -0.15) is 4.31 Å². The van der Waals surface area contributed by atoms with E-state index in [0.29, 0.717) is 54.6 Å². The number of aryl methyl sites for hydroxylation is 1. The van der Waals surface area contributed by atoms with Crippen LogP contribution in [0.4, 0.5) is 11.4 Å². The highest BCUT2D eigenvalue weighted by Gasteiger charge is 2.38. The summed E-state index contributed by atoms with van der Waals surface area (Å²) in [6, 6.07) is 9.06. The van der Waals surface area contributed by atoms with Crippen molar-refractivity contribution in [3.8, 4) is 0 Å². The van der Waals surface area contributed by atoms with E-state index in [0.717, 1.165) is 15.6 Å². The summed E-state index contributed by atoms with van der Waals surface area (Å²) in [5.74, 6) is -0.744. The number of hydrogen-bond donors (Lipinski definition) is 1. The summed E-state index contributed by atoms with van der Waals surface area (Å²) in [6.07, 6.45) is 2.12. The maximum Gasteiger partial charge on any atom is 0.245 e. The number of piperidine rings is 1. The highest BCUT2D eigenvalue weighted by Crippen LogP contribution is 2.40. The van der Waals surface area contributed by atoms with Crippen LogP contribution in [0.2, 0.25) is 0 Å². The van der Waals surface area contributed by atoms with Gasteiger partial charge in [0.15, 0.2) is 0 Å². The Balaban J connectivity index is 1.60. The van der Waals surface area contributed by atoms with Gasteiger partial charge >= 0.3 is 0 Å². The SMILES string of the molecule is CCC(=O)N1CCc2cc(Br)cc(S(=O)(=O)N3CCC[C@@H](C(=O)Nc4ccc(Br)cc4C)C3)c21. The standard InChI is InChI=1S/C24H27Br2N3O4S/c1-3-22(30)29-10-8-16-12-19(26)13-21(23(16)29)34(32,33)28-9-4-5-17(14-28)24(31)27-20-7-6-18(25)11-15(20)2/h6-7,11-13,17H,3-5,8-10,14H2,1-2H3,(H,27,31)/t17-/m1/s1. The number of benzene rings is 2. The summed E-state index contributed by atoms with van der Waals surface area (Å²) >= 11 is 6.86. The number of halogens is 2. The molecule has 2 aliphatic rings.